The maximum Gasteiger partial charge on any atom is 0.252 e. The third-order valence-electron chi connectivity index (χ3n) is 6.82. The molecule has 2 N–H and O–H groups in total. The van der Waals surface area contributed by atoms with Crippen molar-refractivity contribution >= 4 is 5.91 Å². The second-order valence-corrected chi connectivity index (χ2v) is 8.21. The Morgan fingerprint density at radius 3 is 2.22 bits per heavy atom. The summed E-state index contributed by atoms with van der Waals surface area (Å²) in [4.78, 5) is 15.8. The molecule has 0 spiro atoms. The Morgan fingerprint density at radius 1 is 1.11 bits per heavy atom. The number of fused-ring (bicyclic) bond motifs is 2. The number of rotatable bonds is 4. The van der Waals surface area contributed by atoms with Gasteiger partial charge in [0.2, 0.25) is 0 Å². The van der Waals surface area contributed by atoms with E-state index in [4.69, 9.17) is 0 Å². The van der Waals surface area contributed by atoms with Gasteiger partial charge in [-0.15, -0.1) is 0 Å². The highest BCUT2D eigenvalue weighted by Crippen LogP contribution is 2.51. The number of phenolic OH excluding ortho intramolecular Hbond substituents is 1. The van der Waals surface area contributed by atoms with Crippen LogP contribution < -0.4 is 5.32 Å². The van der Waals surface area contributed by atoms with Gasteiger partial charge in [-0.25, -0.2) is 0 Å². The molecule has 1 unspecified atom stereocenters. The lowest BCUT2D eigenvalue weighted by Gasteiger charge is -2.41. The smallest absolute Gasteiger partial charge is 0.252 e. The van der Waals surface area contributed by atoms with Gasteiger partial charge in [-0.05, 0) is 75.4 Å². The van der Waals surface area contributed by atoms with Gasteiger partial charge in [-0.1, -0.05) is 30.3 Å². The minimum absolute atomic E-state index is 0.0122. The number of nitrogens with one attached hydrogen (secondary N) is 1. The molecule has 142 valence electrons. The third kappa shape index (κ3) is 2.92. The third-order valence-corrected chi connectivity index (χ3v) is 6.82. The zero-order chi connectivity index (χ0) is 19.2. The number of likely N-dealkylation sites (N-methyl/N-ethyl adjacent to an activating group) is 1. The molecule has 2 aromatic carbocycles. The van der Waals surface area contributed by atoms with Crippen molar-refractivity contribution in [2.45, 2.75) is 57.2 Å². The summed E-state index contributed by atoms with van der Waals surface area (Å²) in [6.07, 6.45) is 4.55. The molecule has 0 saturated carbocycles. The van der Waals surface area contributed by atoms with Crippen LogP contribution in [0.1, 0.15) is 58.8 Å². The van der Waals surface area contributed by atoms with Crippen LogP contribution >= 0.6 is 0 Å². The number of carbonyl (C=O) groups excluding carboxylic acids is 1. The van der Waals surface area contributed by atoms with Crippen LogP contribution in [0.25, 0.3) is 0 Å². The number of amides is 1. The van der Waals surface area contributed by atoms with Gasteiger partial charge < -0.3 is 10.4 Å². The van der Waals surface area contributed by atoms with Crippen LogP contribution in [0.4, 0.5) is 0 Å². The first-order valence-electron chi connectivity index (χ1n) is 9.81. The topological polar surface area (TPSA) is 52.6 Å². The van der Waals surface area contributed by atoms with Crippen LogP contribution in [-0.4, -0.2) is 34.5 Å². The first kappa shape index (κ1) is 18.1. The monoisotopic (exact) mass is 364 g/mol. The van der Waals surface area contributed by atoms with Crippen molar-refractivity contribution in [2.24, 2.45) is 0 Å². The summed E-state index contributed by atoms with van der Waals surface area (Å²) >= 11 is 0. The van der Waals surface area contributed by atoms with Crippen molar-refractivity contribution in [3.63, 3.8) is 0 Å². The summed E-state index contributed by atoms with van der Waals surface area (Å²) in [6.45, 7) is 3.98. The molecule has 1 atom stereocenters. The van der Waals surface area contributed by atoms with Gasteiger partial charge in [0, 0.05) is 17.1 Å². The number of hydrogen-bond donors (Lipinski definition) is 2. The molecule has 4 rings (SSSR count). The average Bonchev–Trinajstić information content (AvgIpc) is 3.13. The lowest BCUT2D eigenvalue weighted by molar-refractivity contribution is 0.0836. The van der Waals surface area contributed by atoms with Crippen molar-refractivity contribution < 1.29 is 9.90 Å². The minimum atomic E-state index is -0.0953. The van der Waals surface area contributed by atoms with E-state index in [1.165, 1.54) is 12.8 Å². The fourth-order valence-electron chi connectivity index (χ4n) is 5.27. The molecule has 0 aromatic heterocycles. The van der Waals surface area contributed by atoms with E-state index in [0.717, 1.165) is 35.1 Å². The zero-order valence-corrected chi connectivity index (χ0v) is 16.3. The number of aryl methyl sites for hydroxylation is 2. The average molecular weight is 364 g/mol. The molecule has 2 heterocycles. The number of phenols is 1. The second-order valence-electron chi connectivity index (χ2n) is 8.21. The molecule has 2 aromatic rings. The van der Waals surface area contributed by atoms with Crippen LogP contribution in [0.5, 0.6) is 5.75 Å². The summed E-state index contributed by atoms with van der Waals surface area (Å²) in [7, 11) is 2.20. The fourth-order valence-corrected chi connectivity index (χ4v) is 5.27. The van der Waals surface area contributed by atoms with Crippen LogP contribution in [0.3, 0.4) is 0 Å². The fraction of sp³-hybridized carbons (Fsp3) is 0.435. The Labute approximate surface area is 161 Å². The Morgan fingerprint density at radius 2 is 1.70 bits per heavy atom. The molecule has 2 bridgehead atoms. The normalized spacial score (nSPS) is 25.5. The lowest BCUT2D eigenvalue weighted by Crippen LogP contribution is -2.51. The van der Waals surface area contributed by atoms with Gasteiger partial charge in [0.1, 0.15) is 5.75 Å². The van der Waals surface area contributed by atoms with Crippen molar-refractivity contribution in [1.29, 1.82) is 0 Å². The van der Waals surface area contributed by atoms with Gasteiger partial charge in [0.15, 0.2) is 0 Å². The van der Waals surface area contributed by atoms with E-state index in [0.29, 0.717) is 6.04 Å². The van der Waals surface area contributed by atoms with Gasteiger partial charge >= 0.3 is 0 Å². The van der Waals surface area contributed by atoms with Crippen molar-refractivity contribution in [3.8, 4) is 5.75 Å². The Bertz CT molecular complexity index is 831. The predicted molar refractivity (Wildman–Crippen MR) is 107 cm³/mol. The van der Waals surface area contributed by atoms with Crippen molar-refractivity contribution in [1.82, 2.24) is 10.2 Å². The Balaban J connectivity index is 1.73. The molecule has 2 saturated heterocycles. The highest BCUT2D eigenvalue weighted by molar-refractivity contribution is 5.97. The van der Waals surface area contributed by atoms with E-state index in [-0.39, 0.29) is 23.2 Å². The molecule has 4 nitrogen and oxygen atoms in total. The van der Waals surface area contributed by atoms with Crippen LogP contribution in [-0.2, 0) is 0 Å². The van der Waals surface area contributed by atoms with Gasteiger partial charge in [-0.3, -0.25) is 9.69 Å². The summed E-state index contributed by atoms with van der Waals surface area (Å²) in [5.41, 5.74) is 3.78. The molecule has 4 heteroatoms. The molecule has 27 heavy (non-hydrogen) atoms. The van der Waals surface area contributed by atoms with E-state index >= 15 is 0 Å². The predicted octanol–water partition coefficient (Wildman–Crippen LogP) is 4.11. The van der Waals surface area contributed by atoms with E-state index in [2.05, 4.69) is 17.3 Å². The first-order valence-corrected chi connectivity index (χ1v) is 9.81. The molecule has 2 fully saturated rings. The van der Waals surface area contributed by atoms with Crippen LogP contribution in [0, 0.1) is 13.8 Å². The number of carbonyl (C=O) groups is 1. The largest absolute Gasteiger partial charge is 0.508 e. The standard InChI is InChI=1S/C23H28N2O2/c1-15-5-4-6-16(2)20(15)22(27)24-21(17-7-9-19(26)10-8-17)23-13-11-18(12-14-23)25(23)3/h4-10,18,21,26H,11-14H2,1-3H3,(H,24,27). The second kappa shape index (κ2) is 6.68. The lowest BCUT2D eigenvalue weighted by atomic mass is 9.78. The van der Waals surface area contributed by atoms with Crippen LogP contribution in [0.15, 0.2) is 42.5 Å². The molecule has 0 radical (unpaired) electrons. The summed E-state index contributed by atoms with van der Waals surface area (Å²) in [5.74, 6) is 0.238. The van der Waals surface area contributed by atoms with Gasteiger partial charge in [-0.2, -0.15) is 0 Å². The van der Waals surface area contributed by atoms with Crippen molar-refractivity contribution in [2.75, 3.05) is 7.05 Å². The molecular weight excluding hydrogens is 336 g/mol. The van der Waals surface area contributed by atoms with Crippen molar-refractivity contribution in [3.05, 3.63) is 64.7 Å². The molecular formula is C23H28N2O2. The quantitative estimate of drug-likeness (QED) is 0.858. The summed E-state index contributed by atoms with van der Waals surface area (Å²) in [5, 5.41) is 13.1. The van der Waals surface area contributed by atoms with Crippen LogP contribution in [0.2, 0.25) is 0 Å². The van der Waals surface area contributed by atoms with E-state index in [9.17, 15) is 9.90 Å². The SMILES string of the molecule is Cc1cccc(C)c1C(=O)NC(c1ccc(O)cc1)C12CCC(CC1)N2C. The molecule has 1 amide bonds. The highest BCUT2D eigenvalue weighted by Gasteiger charge is 2.54. The molecule has 2 aliphatic rings. The van der Waals surface area contributed by atoms with E-state index in [1.807, 2.05) is 44.2 Å². The maximum atomic E-state index is 13.3. The van der Waals surface area contributed by atoms with Gasteiger partial charge in [0.25, 0.3) is 5.91 Å². The zero-order valence-electron chi connectivity index (χ0n) is 16.3. The number of aromatic hydroxyl groups is 1. The Hall–Kier alpha value is -2.33. The molecule has 0 aliphatic carbocycles. The highest BCUT2D eigenvalue weighted by atomic mass is 16.3. The minimum Gasteiger partial charge on any atom is -0.508 e. The summed E-state index contributed by atoms with van der Waals surface area (Å²) < 4.78 is 0. The van der Waals surface area contributed by atoms with E-state index in [1.54, 1.807) is 12.1 Å². The number of nitrogens with zero attached hydrogens (tertiary/aromatic N) is 1. The van der Waals surface area contributed by atoms with E-state index < -0.39 is 0 Å². The number of hydrogen-bond acceptors (Lipinski definition) is 3. The summed E-state index contributed by atoms with van der Waals surface area (Å²) in [6, 6.07) is 13.8. The Kier molecular flexibility index (Phi) is 4.47. The number of benzene rings is 2. The maximum absolute atomic E-state index is 13.3. The van der Waals surface area contributed by atoms with Gasteiger partial charge in [0.05, 0.1) is 6.04 Å². The first-order chi connectivity index (χ1) is 12.9. The molecule has 2 aliphatic heterocycles.